The molecule has 1 heterocycles. The number of hydrogen-bond acceptors (Lipinski definition) is 3. The first kappa shape index (κ1) is 18.5. The average molecular weight is 372 g/mol. The molecule has 0 aromatic heterocycles. The molecule has 0 unspecified atom stereocenters. The summed E-state index contributed by atoms with van der Waals surface area (Å²) < 4.78 is 13.9. The van der Waals surface area contributed by atoms with Crippen LogP contribution in [0.2, 0.25) is 0 Å². The lowest BCUT2D eigenvalue weighted by atomic mass is 10.2. The van der Waals surface area contributed by atoms with E-state index in [9.17, 15) is 14.0 Å². The fourth-order valence-electron chi connectivity index (χ4n) is 3.06. The number of carbonyl (C=O) groups is 2. The smallest absolute Gasteiger partial charge is 0.255 e. The Hall–Kier alpha value is -2.34. The van der Waals surface area contributed by atoms with Crippen molar-refractivity contribution in [3.05, 3.63) is 65.5 Å². The summed E-state index contributed by atoms with van der Waals surface area (Å²) >= 11 is 1.53. The molecule has 1 saturated heterocycles. The predicted octanol–water partition coefficient (Wildman–Crippen LogP) is 3.42. The number of carbonyl (C=O) groups excluding carboxylic acids is 2. The van der Waals surface area contributed by atoms with Crippen LogP contribution in [0, 0.1) is 5.82 Å². The van der Waals surface area contributed by atoms with E-state index in [1.54, 1.807) is 28.0 Å². The molecule has 0 radical (unpaired) electrons. The van der Waals surface area contributed by atoms with Crippen LogP contribution in [0.1, 0.15) is 22.3 Å². The third-order valence-electron chi connectivity index (χ3n) is 4.53. The summed E-state index contributed by atoms with van der Waals surface area (Å²) in [5.41, 5.74) is 1.16. The Kier molecular flexibility index (Phi) is 5.93. The van der Waals surface area contributed by atoms with Gasteiger partial charge in [0.05, 0.1) is 5.56 Å². The highest BCUT2D eigenvalue weighted by molar-refractivity contribution is 7.98. The second-order valence-electron chi connectivity index (χ2n) is 6.15. The minimum Gasteiger partial charge on any atom is -0.336 e. The van der Waals surface area contributed by atoms with E-state index in [0.717, 1.165) is 4.90 Å². The fourth-order valence-corrected chi connectivity index (χ4v) is 3.65. The second kappa shape index (κ2) is 8.36. The van der Waals surface area contributed by atoms with Crippen molar-refractivity contribution in [3.8, 4) is 0 Å². The number of thioether (sulfide) groups is 1. The van der Waals surface area contributed by atoms with Gasteiger partial charge in [-0.05, 0) is 24.5 Å². The quantitative estimate of drug-likeness (QED) is 0.772. The van der Waals surface area contributed by atoms with Gasteiger partial charge in [0.25, 0.3) is 5.91 Å². The van der Waals surface area contributed by atoms with Crippen LogP contribution in [0.4, 0.5) is 4.39 Å². The van der Waals surface area contributed by atoms with Crippen molar-refractivity contribution in [3.63, 3.8) is 0 Å². The van der Waals surface area contributed by atoms with Crippen molar-refractivity contribution in [2.45, 2.75) is 17.9 Å². The number of hydrogen-bond donors (Lipinski definition) is 0. The van der Waals surface area contributed by atoms with Crippen LogP contribution in [0.5, 0.6) is 0 Å². The first-order valence-electron chi connectivity index (χ1n) is 8.53. The van der Waals surface area contributed by atoms with E-state index in [1.165, 1.54) is 17.8 Å². The molecule has 1 fully saturated rings. The Morgan fingerprint density at radius 2 is 1.81 bits per heavy atom. The lowest BCUT2D eigenvalue weighted by Gasteiger charge is -2.23. The first-order chi connectivity index (χ1) is 12.6. The van der Waals surface area contributed by atoms with Gasteiger partial charge >= 0.3 is 0 Å². The molecule has 136 valence electrons. The van der Waals surface area contributed by atoms with E-state index in [0.29, 0.717) is 30.8 Å². The lowest BCUT2D eigenvalue weighted by molar-refractivity contribution is -0.130. The van der Waals surface area contributed by atoms with Crippen LogP contribution in [-0.2, 0) is 11.3 Å². The van der Waals surface area contributed by atoms with Gasteiger partial charge in [0.2, 0.25) is 5.91 Å². The molecule has 1 aliphatic heterocycles. The maximum Gasteiger partial charge on any atom is 0.255 e. The lowest BCUT2D eigenvalue weighted by Crippen LogP contribution is -2.36. The largest absolute Gasteiger partial charge is 0.336 e. The van der Waals surface area contributed by atoms with Gasteiger partial charge < -0.3 is 9.80 Å². The second-order valence-corrected chi connectivity index (χ2v) is 7.00. The monoisotopic (exact) mass is 372 g/mol. The molecule has 26 heavy (non-hydrogen) atoms. The van der Waals surface area contributed by atoms with Crippen molar-refractivity contribution < 1.29 is 14.0 Å². The van der Waals surface area contributed by atoms with Gasteiger partial charge in [-0.15, -0.1) is 11.8 Å². The highest BCUT2D eigenvalue weighted by atomic mass is 32.2. The summed E-state index contributed by atoms with van der Waals surface area (Å²) in [4.78, 5) is 29.6. The van der Waals surface area contributed by atoms with E-state index in [2.05, 4.69) is 0 Å². The van der Waals surface area contributed by atoms with Gasteiger partial charge in [-0.25, -0.2) is 4.39 Å². The third-order valence-corrected chi connectivity index (χ3v) is 5.33. The zero-order chi connectivity index (χ0) is 18.5. The average Bonchev–Trinajstić information content (AvgIpc) is 2.85. The highest BCUT2D eigenvalue weighted by Crippen LogP contribution is 2.22. The summed E-state index contributed by atoms with van der Waals surface area (Å²) in [7, 11) is 0. The number of nitrogens with zero attached hydrogens (tertiary/aromatic N) is 2. The molecule has 0 aliphatic carbocycles. The van der Waals surface area contributed by atoms with E-state index in [4.69, 9.17) is 0 Å². The maximum absolute atomic E-state index is 13.9. The van der Waals surface area contributed by atoms with Crippen LogP contribution >= 0.6 is 11.8 Å². The SMILES string of the molecule is CSc1ccccc1C(=O)N1CCC(=O)N(Cc2ccccc2F)CC1. The van der Waals surface area contributed by atoms with Gasteiger partial charge in [0, 0.05) is 43.1 Å². The molecule has 2 aromatic carbocycles. The Balaban J connectivity index is 1.72. The topological polar surface area (TPSA) is 40.6 Å². The minimum atomic E-state index is -0.314. The molecular formula is C20H21FN2O2S. The molecule has 0 atom stereocenters. The standard InChI is InChI=1S/C20H21FN2O2S/c1-26-18-9-5-3-7-16(18)20(25)22-11-10-19(24)23(13-12-22)14-15-6-2-4-8-17(15)21/h2-9H,10-14H2,1H3. The van der Waals surface area contributed by atoms with Crippen LogP contribution < -0.4 is 0 Å². The van der Waals surface area contributed by atoms with Gasteiger partial charge in [-0.2, -0.15) is 0 Å². The summed E-state index contributed by atoms with van der Waals surface area (Å²) in [6, 6.07) is 14.0. The van der Waals surface area contributed by atoms with Crippen molar-refractivity contribution >= 4 is 23.6 Å². The number of amides is 2. The minimum absolute atomic E-state index is 0.0540. The zero-order valence-corrected chi connectivity index (χ0v) is 15.5. The molecule has 4 nitrogen and oxygen atoms in total. The van der Waals surface area contributed by atoms with Gasteiger partial charge in [0.1, 0.15) is 5.82 Å². The molecule has 0 spiro atoms. The van der Waals surface area contributed by atoms with Crippen LogP contribution in [-0.4, -0.2) is 47.5 Å². The summed E-state index contributed by atoms with van der Waals surface area (Å²) in [6.45, 7) is 1.46. The normalized spacial score (nSPS) is 15.1. The number of halogens is 1. The Bertz CT molecular complexity index is 812. The van der Waals surface area contributed by atoms with E-state index in [-0.39, 0.29) is 30.6 Å². The molecule has 0 saturated carbocycles. The molecule has 1 aliphatic rings. The fraction of sp³-hybridized carbons (Fsp3) is 0.300. The molecule has 6 heteroatoms. The van der Waals surface area contributed by atoms with Crippen molar-refractivity contribution in [2.24, 2.45) is 0 Å². The summed E-state index contributed by atoms with van der Waals surface area (Å²) in [5.74, 6) is -0.427. The Morgan fingerprint density at radius 3 is 2.58 bits per heavy atom. The third kappa shape index (κ3) is 4.07. The molecular weight excluding hydrogens is 351 g/mol. The van der Waals surface area contributed by atoms with E-state index in [1.807, 2.05) is 30.5 Å². The molecule has 3 rings (SSSR count). The van der Waals surface area contributed by atoms with E-state index < -0.39 is 0 Å². The Labute approximate surface area is 157 Å². The molecule has 2 aromatic rings. The van der Waals surface area contributed by atoms with Gasteiger partial charge in [-0.3, -0.25) is 9.59 Å². The number of benzene rings is 2. The summed E-state index contributed by atoms with van der Waals surface area (Å²) in [5, 5.41) is 0. The van der Waals surface area contributed by atoms with Crippen LogP contribution in [0.25, 0.3) is 0 Å². The predicted molar refractivity (Wildman–Crippen MR) is 101 cm³/mol. The van der Waals surface area contributed by atoms with Crippen molar-refractivity contribution in [2.75, 3.05) is 25.9 Å². The molecule has 2 amide bonds. The number of rotatable bonds is 4. The Morgan fingerprint density at radius 1 is 1.08 bits per heavy atom. The first-order valence-corrected chi connectivity index (χ1v) is 9.76. The molecule has 0 bridgehead atoms. The van der Waals surface area contributed by atoms with Crippen LogP contribution in [0.3, 0.4) is 0 Å². The van der Waals surface area contributed by atoms with Crippen LogP contribution in [0.15, 0.2) is 53.4 Å². The van der Waals surface area contributed by atoms with Gasteiger partial charge in [-0.1, -0.05) is 30.3 Å². The van der Waals surface area contributed by atoms with Crippen molar-refractivity contribution in [1.29, 1.82) is 0 Å². The highest BCUT2D eigenvalue weighted by Gasteiger charge is 2.26. The zero-order valence-electron chi connectivity index (χ0n) is 14.7. The van der Waals surface area contributed by atoms with Gasteiger partial charge in [0.15, 0.2) is 0 Å². The van der Waals surface area contributed by atoms with E-state index >= 15 is 0 Å². The molecule has 0 N–H and O–H groups in total. The maximum atomic E-state index is 13.9. The summed E-state index contributed by atoms with van der Waals surface area (Å²) in [6.07, 6.45) is 2.19. The van der Waals surface area contributed by atoms with Crippen molar-refractivity contribution in [1.82, 2.24) is 9.80 Å².